The Balaban J connectivity index is 2.82. The second-order valence-electron chi connectivity index (χ2n) is 3.60. The molecule has 0 aliphatic heterocycles. The average Bonchev–Trinajstić information content (AvgIpc) is 2.35. The van der Waals surface area contributed by atoms with Crippen LogP contribution in [0.15, 0.2) is 23.4 Å². The van der Waals surface area contributed by atoms with Gasteiger partial charge in [0.25, 0.3) is 10.0 Å². The summed E-state index contributed by atoms with van der Waals surface area (Å²) < 4.78 is 60.6. The normalized spacial score (nSPS) is 14.0. The fraction of sp³-hybridized carbons (Fsp3) is 0.333. The fourth-order valence-corrected chi connectivity index (χ4v) is 2.01. The summed E-state index contributed by atoms with van der Waals surface area (Å²) in [5.41, 5.74) is -0.278. The van der Waals surface area contributed by atoms with E-state index in [0.29, 0.717) is 0 Å². The first-order valence-corrected chi connectivity index (χ1v) is 6.46. The summed E-state index contributed by atoms with van der Waals surface area (Å²) >= 11 is 0. The molecule has 0 saturated heterocycles. The molecule has 0 aromatic carbocycles. The number of hydrogen-bond donors (Lipinski definition) is 3. The minimum Gasteiger partial charge on any atom is -0.478 e. The molecule has 0 saturated carbocycles. The van der Waals surface area contributed by atoms with Gasteiger partial charge in [-0.15, -0.1) is 0 Å². The van der Waals surface area contributed by atoms with Crippen LogP contribution in [-0.2, 0) is 10.0 Å². The van der Waals surface area contributed by atoms with Crippen LogP contribution in [0.5, 0.6) is 0 Å². The smallest absolute Gasteiger partial charge is 0.415 e. The predicted molar refractivity (Wildman–Crippen MR) is 58.4 cm³/mol. The number of hydrogen-bond acceptors (Lipinski definition) is 5. The van der Waals surface area contributed by atoms with E-state index in [1.54, 1.807) is 0 Å². The van der Waals surface area contributed by atoms with E-state index >= 15 is 0 Å². The van der Waals surface area contributed by atoms with Gasteiger partial charge < -0.3 is 10.2 Å². The van der Waals surface area contributed by atoms with E-state index in [1.165, 1.54) is 4.72 Å². The van der Waals surface area contributed by atoms with Crippen molar-refractivity contribution < 1.29 is 36.6 Å². The minimum absolute atomic E-state index is 0.278. The van der Waals surface area contributed by atoms with E-state index < -0.39 is 39.8 Å². The van der Waals surface area contributed by atoms with Gasteiger partial charge >= 0.3 is 12.1 Å². The van der Waals surface area contributed by atoms with Gasteiger partial charge in [-0.3, -0.25) is 0 Å². The van der Waals surface area contributed by atoms with Crippen molar-refractivity contribution in [2.45, 2.75) is 17.3 Å². The summed E-state index contributed by atoms with van der Waals surface area (Å²) in [5, 5.41) is 16.6. The SMILES string of the molecule is O=C(O)c1ccc(S(=O)(=O)NCC(O)C(F)(F)F)nc1. The molecule has 1 atom stereocenters. The lowest BCUT2D eigenvalue weighted by molar-refractivity contribution is -0.200. The number of carboxylic acids is 1. The van der Waals surface area contributed by atoms with E-state index in [2.05, 4.69) is 4.98 Å². The lowest BCUT2D eigenvalue weighted by Crippen LogP contribution is -2.40. The van der Waals surface area contributed by atoms with Crippen molar-refractivity contribution in [3.05, 3.63) is 23.9 Å². The maximum absolute atomic E-state index is 12.0. The Morgan fingerprint density at radius 1 is 1.40 bits per heavy atom. The molecule has 0 bridgehead atoms. The van der Waals surface area contributed by atoms with E-state index in [-0.39, 0.29) is 5.56 Å². The van der Waals surface area contributed by atoms with Crippen LogP contribution >= 0.6 is 0 Å². The third kappa shape index (κ3) is 4.15. The number of nitrogens with zero attached hydrogens (tertiary/aromatic N) is 1. The van der Waals surface area contributed by atoms with Gasteiger partial charge in [-0.2, -0.15) is 13.2 Å². The molecule has 0 amide bonds. The number of nitrogens with one attached hydrogen (secondary N) is 1. The number of aromatic carboxylic acids is 1. The summed E-state index contributed by atoms with van der Waals surface area (Å²) in [4.78, 5) is 13.8. The van der Waals surface area contributed by atoms with Crippen molar-refractivity contribution in [3.63, 3.8) is 0 Å². The van der Waals surface area contributed by atoms with Gasteiger partial charge in [0.1, 0.15) is 0 Å². The third-order valence-electron chi connectivity index (χ3n) is 2.10. The molecule has 3 N–H and O–H groups in total. The largest absolute Gasteiger partial charge is 0.478 e. The molecule has 11 heteroatoms. The molecule has 7 nitrogen and oxygen atoms in total. The molecule has 112 valence electrons. The Kier molecular flexibility index (Phi) is 4.68. The fourth-order valence-electron chi connectivity index (χ4n) is 1.04. The van der Waals surface area contributed by atoms with Crippen molar-refractivity contribution in [2.24, 2.45) is 0 Å². The van der Waals surface area contributed by atoms with Crippen LogP contribution in [-0.4, -0.2) is 48.4 Å². The number of rotatable bonds is 5. The first-order valence-electron chi connectivity index (χ1n) is 4.98. The molecule has 1 unspecified atom stereocenters. The number of alkyl halides is 3. The maximum Gasteiger partial charge on any atom is 0.415 e. The van der Waals surface area contributed by atoms with Crippen LogP contribution in [0.3, 0.4) is 0 Å². The number of pyridine rings is 1. The summed E-state index contributed by atoms with van der Waals surface area (Å²) in [6.45, 7) is -1.27. The summed E-state index contributed by atoms with van der Waals surface area (Å²) in [7, 11) is -4.37. The van der Waals surface area contributed by atoms with Crippen LogP contribution in [0.2, 0.25) is 0 Å². The molecular formula is C9H9F3N2O5S. The number of halogens is 3. The monoisotopic (exact) mass is 314 g/mol. The first-order chi connectivity index (χ1) is 9.04. The molecule has 0 aliphatic carbocycles. The summed E-state index contributed by atoms with van der Waals surface area (Å²) in [6, 6.07) is 1.76. The molecule has 20 heavy (non-hydrogen) atoms. The Hall–Kier alpha value is -1.72. The maximum atomic E-state index is 12.0. The van der Waals surface area contributed by atoms with Gasteiger partial charge in [-0.1, -0.05) is 0 Å². The van der Waals surface area contributed by atoms with Crippen LogP contribution in [0, 0.1) is 0 Å². The number of aliphatic hydroxyl groups is 1. The van der Waals surface area contributed by atoms with E-state index in [1.807, 2.05) is 0 Å². The van der Waals surface area contributed by atoms with Gasteiger partial charge in [0.2, 0.25) is 0 Å². The highest BCUT2D eigenvalue weighted by atomic mass is 32.2. The van der Waals surface area contributed by atoms with Crippen molar-refractivity contribution >= 4 is 16.0 Å². The Morgan fingerprint density at radius 2 is 2.00 bits per heavy atom. The molecular weight excluding hydrogens is 305 g/mol. The minimum atomic E-state index is -4.96. The zero-order chi connectivity index (χ0) is 15.6. The highest BCUT2D eigenvalue weighted by molar-refractivity contribution is 7.89. The lowest BCUT2D eigenvalue weighted by atomic mass is 10.3. The zero-order valence-corrected chi connectivity index (χ0v) is 10.4. The van der Waals surface area contributed by atoms with Crippen LogP contribution in [0.25, 0.3) is 0 Å². The highest BCUT2D eigenvalue weighted by Crippen LogP contribution is 2.19. The number of carbonyl (C=O) groups is 1. The van der Waals surface area contributed by atoms with Crippen molar-refractivity contribution in [3.8, 4) is 0 Å². The lowest BCUT2D eigenvalue weighted by Gasteiger charge is -2.14. The van der Waals surface area contributed by atoms with Gasteiger partial charge in [0.15, 0.2) is 11.1 Å². The number of aromatic nitrogens is 1. The molecule has 0 radical (unpaired) electrons. The molecule has 0 fully saturated rings. The van der Waals surface area contributed by atoms with Crippen LogP contribution in [0.4, 0.5) is 13.2 Å². The predicted octanol–water partition coefficient (Wildman–Crippen LogP) is -0.0187. The first kappa shape index (κ1) is 16.3. The van der Waals surface area contributed by atoms with E-state index in [9.17, 15) is 26.4 Å². The second kappa shape index (κ2) is 5.73. The standard InChI is InChI=1S/C9H9F3N2O5S/c10-9(11,12)6(15)4-14-20(18,19)7-2-1-5(3-13-7)8(16)17/h1-3,6,14-15H,4H2,(H,16,17). The van der Waals surface area contributed by atoms with Crippen LogP contribution in [0.1, 0.15) is 10.4 Å². The van der Waals surface area contributed by atoms with Gasteiger partial charge in [-0.25, -0.2) is 22.9 Å². The molecule has 1 rings (SSSR count). The average molecular weight is 314 g/mol. The third-order valence-corrected chi connectivity index (χ3v) is 3.44. The Morgan fingerprint density at radius 3 is 2.40 bits per heavy atom. The highest BCUT2D eigenvalue weighted by Gasteiger charge is 2.38. The number of carboxylic acid groups (broad SMARTS) is 1. The van der Waals surface area contributed by atoms with Gasteiger partial charge in [0, 0.05) is 12.7 Å². The van der Waals surface area contributed by atoms with Gasteiger partial charge in [0.05, 0.1) is 5.56 Å². The van der Waals surface area contributed by atoms with Crippen molar-refractivity contribution in [2.75, 3.05) is 6.54 Å². The molecule has 0 spiro atoms. The Labute approximate surface area is 111 Å². The quantitative estimate of drug-likeness (QED) is 0.703. The summed E-state index contributed by atoms with van der Waals surface area (Å²) in [6.07, 6.45) is -7.06. The van der Waals surface area contributed by atoms with E-state index in [4.69, 9.17) is 10.2 Å². The Bertz CT molecular complexity index is 585. The molecule has 0 aliphatic rings. The van der Waals surface area contributed by atoms with Crippen molar-refractivity contribution in [1.29, 1.82) is 0 Å². The number of aliphatic hydroxyl groups excluding tert-OH is 1. The molecule has 1 aromatic rings. The zero-order valence-electron chi connectivity index (χ0n) is 9.63. The molecule has 1 aromatic heterocycles. The second-order valence-corrected chi connectivity index (χ2v) is 5.31. The number of sulfonamides is 1. The molecule has 1 heterocycles. The summed E-state index contributed by atoms with van der Waals surface area (Å²) in [5.74, 6) is -1.33. The van der Waals surface area contributed by atoms with Crippen molar-refractivity contribution in [1.82, 2.24) is 9.71 Å². The van der Waals surface area contributed by atoms with E-state index in [0.717, 1.165) is 18.3 Å². The van der Waals surface area contributed by atoms with Gasteiger partial charge in [-0.05, 0) is 12.1 Å². The topological polar surface area (TPSA) is 117 Å². The van der Waals surface area contributed by atoms with Crippen LogP contribution < -0.4 is 4.72 Å².